The van der Waals surface area contributed by atoms with Crippen molar-refractivity contribution in [2.24, 2.45) is 18.9 Å². The van der Waals surface area contributed by atoms with Crippen molar-refractivity contribution in [2.75, 3.05) is 25.0 Å². The highest BCUT2D eigenvalue weighted by Gasteiger charge is 2.35. The molecule has 2 aromatic rings. The van der Waals surface area contributed by atoms with Gasteiger partial charge in [-0.1, -0.05) is 0 Å². The molecule has 1 aromatic carbocycles. The number of aryl methyl sites for hydroxylation is 1. The van der Waals surface area contributed by atoms with Gasteiger partial charge in [0.15, 0.2) is 0 Å². The van der Waals surface area contributed by atoms with Gasteiger partial charge in [0, 0.05) is 38.3 Å². The zero-order valence-electron chi connectivity index (χ0n) is 15.2. The van der Waals surface area contributed by atoms with E-state index in [0.29, 0.717) is 30.5 Å². The van der Waals surface area contributed by atoms with Gasteiger partial charge in [-0.25, -0.2) is 4.39 Å². The van der Waals surface area contributed by atoms with Crippen molar-refractivity contribution in [2.45, 2.75) is 18.8 Å². The second-order valence-electron chi connectivity index (χ2n) is 7.20. The molecule has 1 amide bonds. The van der Waals surface area contributed by atoms with Crippen LogP contribution in [0.15, 0.2) is 30.6 Å². The monoisotopic (exact) mass is 394 g/mol. The van der Waals surface area contributed by atoms with Gasteiger partial charge in [-0.2, -0.15) is 5.10 Å². The van der Waals surface area contributed by atoms with Gasteiger partial charge in [0.1, 0.15) is 11.6 Å². The Morgan fingerprint density at radius 2 is 2.22 bits per heavy atom. The molecule has 1 saturated heterocycles. The largest absolute Gasteiger partial charge is 0.491 e. The van der Waals surface area contributed by atoms with E-state index in [1.54, 1.807) is 16.9 Å². The van der Waals surface area contributed by atoms with Crippen molar-refractivity contribution < 1.29 is 13.9 Å². The first-order chi connectivity index (χ1) is 12.6. The summed E-state index contributed by atoms with van der Waals surface area (Å²) < 4.78 is 21.1. The summed E-state index contributed by atoms with van der Waals surface area (Å²) in [5.74, 6) is 0.349. The number of carbonyl (C=O) groups excluding carboxylic acids is 1. The van der Waals surface area contributed by atoms with E-state index in [4.69, 9.17) is 4.74 Å². The maximum Gasteiger partial charge on any atom is 0.229 e. The van der Waals surface area contributed by atoms with Crippen LogP contribution < -0.4 is 15.4 Å². The first-order valence-corrected chi connectivity index (χ1v) is 9.02. The first kappa shape index (κ1) is 19.6. The van der Waals surface area contributed by atoms with Gasteiger partial charge in [-0.15, -0.1) is 12.4 Å². The van der Waals surface area contributed by atoms with E-state index < -0.39 is 0 Å². The number of carbonyl (C=O) groups is 1. The van der Waals surface area contributed by atoms with E-state index in [2.05, 4.69) is 15.7 Å². The number of hydrogen-bond donors (Lipinski definition) is 2. The summed E-state index contributed by atoms with van der Waals surface area (Å²) in [5.41, 5.74) is 1.57. The number of anilines is 1. The Balaban J connectivity index is 0.00000210. The third-order valence-electron chi connectivity index (χ3n) is 5.08. The lowest BCUT2D eigenvalue weighted by Crippen LogP contribution is -2.28. The van der Waals surface area contributed by atoms with E-state index in [1.807, 2.05) is 13.2 Å². The predicted octanol–water partition coefficient (Wildman–Crippen LogP) is 2.71. The average Bonchev–Trinajstić information content (AvgIpc) is 3.13. The fraction of sp³-hybridized carbons (Fsp3) is 0.474. The molecule has 0 radical (unpaired) electrons. The number of hydrogen-bond acceptors (Lipinski definition) is 4. The third-order valence-corrected chi connectivity index (χ3v) is 5.08. The number of amides is 1. The van der Waals surface area contributed by atoms with E-state index in [0.717, 1.165) is 24.9 Å². The predicted molar refractivity (Wildman–Crippen MR) is 103 cm³/mol. The molecule has 0 unspecified atom stereocenters. The maximum atomic E-state index is 13.6. The van der Waals surface area contributed by atoms with E-state index in [1.165, 1.54) is 12.1 Å². The number of nitrogens with one attached hydrogen (secondary N) is 2. The number of rotatable bonds is 6. The molecule has 2 fully saturated rings. The number of ether oxygens (including phenoxy) is 1. The number of aromatic nitrogens is 2. The van der Waals surface area contributed by atoms with Crippen LogP contribution in [-0.4, -0.2) is 35.4 Å². The molecule has 0 bridgehead atoms. The highest BCUT2D eigenvalue weighted by atomic mass is 35.5. The van der Waals surface area contributed by atoms with Crippen LogP contribution in [0.4, 0.5) is 10.1 Å². The molecule has 1 aromatic heterocycles. The zero-order valence-corrected chi connectivity index (χ0v) is 16.0. The summed E-state index contributed by atoms with van der Waals surface area (Å²) in [6.45, 7) is 1.90. The zero-order chi connectivity index (χ0) is 18.1. The Labute approximate surface area is 163 Å². The minimum Gasteiger partial charge on any atom is -0.491 e. The van der Waals surface area contributed by atoms with Crippen LogP contribution in [0, 0.1) is 17.7 Å². The van der Waals surface area contributed by atoms with Gasteiger partial charge < -0.3 is 15.4 Å². The van der Waals surface area contributed by atoms with E-state index >= 15 is 0 Å². The summed E-state index contributed by atoms with van der Waals surface area (Å²) in [6.07, 6.45) is 6.05. The summed E-state index contributed by atoms with van der Waals surface area (Å²) in [6, 6.07) is 4.24. The topological polar surface area (TPSA) is 68.2 Å². The van der Waals surface area contributed by atoms with Crippen LogP contribution in [0.1, 0.15) is 24.3 Å². The molecule has 6 nitrogen and oxygen atoms in total. The first-order valence-electron chi connectivity index (χ1n) is 9.02. The molecular formula is C19H24ClFN4O2. The fourth-order valence-corrected chi connectivity index (χ4v) is 3.37. The molecule has 146 valence electrons. The number of halogens is 2. The Kier molecular flexibility index (Phi) is 6.01. The molecule has 2 heterocycles. The molecule has 4 rings (SSSR count). The van der Waals surface area contributed by atoms with Crippen molar-refractivity contribution in [1.82, 2.24) is 15.1 Å². The van der Waals surface area contributed by atoms with Crippen molar-refractivity contribution in [1.29, 1.82) is 0 Å². The molecule has 27 heavy (non-hydrogen) atoms. The Hall–Kier alpha value is -2.12. The van der Waals surface area contributed by atoms with E-state index in [9.17, 15) is 9.18 Å². The quantitative estimate of drug-likeness (QED) is 0.790. The SMILES string of the molecule is Cl.Cn1cc([C@H]2CNC[C@@H]2C(=O)Nc2ccc(F)cc2OCC2CC2)cn1. The summed E-state index contributed by atoms with van der Waals surface area (Å²) in [7, 11) is 1.86. The third kappa shape index (κ3) is 4.59. The normalized spacial score (nSPS) is 21.6. The van der Waals surface area contributed by atoms with Crippen molar-refractivity contribution in [3.05, 3.63) is 42.0 Å². The number of nitrogens with zero attached hydrogens (tertiary/aromatic N) is 2. The lowest BCUT2D eigenvalue weighted by molar-refractivity contribution is -0.119. The molecule has 2 atom stereocenters. The average molecular weight is 395 g/mol. The lowest BCUT2D eigenvalue weighted by Gasteiger charge is -2.18. The Morgan fingerprint density at radius 1 is 1.41 bits per heavy atom. The Morgan fingerprint density at radius 3 is 2.93 bits per heavy atom. The van der Waals surface area contributed by atoms with Gasteiger partial charge in [0.25, 0.3) is 0 Å². The van der Waals surface area contributed by atoms with Gasteiger partial charge >= 0.3 is 0 Å². The molecule has 1 aliphatic carbocycles. The van der Waals surface area contributed by atoms with Gasteiger partial charge in [-0.05, 0) is 36.5 Å². The lowest BCUT2D eigenvalue weighted by atomic mass is 9.90. The van der Waals surface area contributed by atoms with Gasteiger partial charge in [-0.3, -0.25) is 9.48 Å². The summed E-state index contributed by atoms with van der Waals surface area (Å²) >= 11 is 0. The van der Waals surface area contributed by atoms with Crippen LogP contribution in [0.3, 0.4) is 0 Å². The van der Waals surface area contributed by atoms with Crippen LogP contribution in [0.2, 0.25) is 0 Å². The molecule has 2 aliphatic rings. The number of benzene rings is 1. The highest BCUT2D eigenvalue weighted by Crippen LogP contribution is 2.34. The molecule has 2 N–H and O–H groups in total. The second-order valence-corrected chi connectivity index (χ2v) is 7.20. The van der Waals surface area contributed by atoms with Crippen LogP contribution >= 0.6 is 12.4 Å². The van der Waals surface area contributed by atoms with Gasteiger partial charge in [0.05, 0.1) is 24.4 Å². The molecule has 1 saturated carbocycles. The molecular weight excluding hydrogens is 371 g/mol. The van der Waals surface area contributed by atoms with E-state index in [-0.39, 0.29) is 36.0 Å². The standard InChI is InChI=1S/C19H23FN4O2.ClH/c1-24-10-13(7-22-24)15-8-21-9-16(15)19(25)23-17-5-4-14(20)6-18(17)26-11-12-2-3-12;/h4-7,10,12,15-16,21H,2-3,8-9,11H2,1H3,(H,23,25);1H/t15-,16+;/m1./s1. The van der Waals surface area contributed by atoms with Crippen molar-refractivity contribution in [3.63, 3.8) is 0 Å². The van der Waals surface area contributed by atoms with Crippen LogP contribution in [0.5, 0.6) is 5.75 Å². The van der Waals surface area contributed by atoms with Gasteiger partial charge in [0.2, 0.25) is 5.91 Å². The van der Waals surface area contributed by atoms with Crippen LogP contribution in [0.25, 0.3) is 0 Å². The minimum absolute atomic E-state index is 0. The van der Waals surface area contributed by atoms with Crippen molar-refractivity contribution >= 4 is 24.0 Å². The minimum atomic E-state index is -0.371. The molecule has 0 spiro atoms. The molecule has 1 aliphatic heterocycles. The second kappa shape index (κ2) is 8.27. The molecule has 8 heteroatoms. The Bertz CT molecular complexity index is 809. The van der Waals surface area contributed by atoms with Crippen molar-refractivity contribution in [3.8, 4) is 5.75 Å². The fourth-order valence-electron chi connectivity index (χ4n) is 3.37. The maximum absolute atomic E-state index is 13.6. The summed E-state index contributed by atoms with van der Waals surface area (Å²) in [4.78, 5) is 12.9. The highest BCUT2D eigenvalue weighted by molar-refractivity contribution is 5.95. The smallest absolute Gasteiger partial charge is 0.229 e. The summed E-state index contributed by atoms with van der Waals surface area (Å²) in [5, 5.41) is 10.4. The van der Waals surface area contributed by atoms with Crippen LogP contribution in [-0.2, 0) is 11.8 Å².